The van der Waals surface area contributed by atoms with E-state index < -0.39 is 0 Å². The third-order valence-electron chi connectivity index (χ3n) is 6.64. The first-order chi connectivity index (χ1) is 13.5. The highest BCUT2D eigenvalue weighted by atomic mass is 16.5. The molecular formula is C25H46N2O2. The lowest BCUT2D eigenvalue weighted by atomic mass is 9.75. The summed E-state index contributed by atoms with van der Waals surface area (Å²) in [5.74, 6) is 1.28. The zero-order valence-corrected chi connectivity index (χ0v) is 20.4. The van der Waals surface area contributed by atoms with E-state index in [9.17, 15) is 5.11 Å². The Kier molecular flexibility index (Phi) is 9.97. The second-order valence-electron chi connectivity index (χ2n) is 10.0. The summed E-state index contributed by atoms with van der Waals surface area (Å²) in [6, 6.07) is 5.07. The van der Waals surface area contributed by atoms with Crippen LogP contribution in [-0.2, 0) is 10.8 Å². The highest BCUT2D eigenvalue weighted by molar-refractivity contribution is 5.51. The lowest BCUT2D eigenvalue weighted by molar-refractivity contribution is 0.361. The summed E-state index contributed by atoms with van der Waals surface area (Å²) in [7, 11) is 5.75. The zero-order valence-electron chi connectivity index (χ0n) is 20.4. The maximum Gasteiger partial charge on any atom is 0.123 e. The van der Waals surface area contributed by atoms with E-state index in [1.165, 1.54) is 0 Å². The molecule has 0 fully saturated rings. The van der Waals surface area contributed by atoms with Gasteiger partial charge in [-0.2, -0.15) is 0 Å². The minimum absolute atomic E-state index is 0.0544. The Bertz CT molecular complexity index is 625. The number of hydrogen-bond donors (Lipinski definition) is 3. The van der Waals surface area contributed by atoms with Gasteiger partial charge in [-0.1, -0.05) is 40.5 Å². The molecule has 0 radical (unpaired) electrons. The van der Waals surface area contributed by atoms with Crippen LogP contribution in [-0.4, -0.2) is 38.4 Å². The number of ether oxygens (including phenoxy) is 1. The highest BCUT2D eigenvalue weighted by Crippen LogP contribution is 2.44. The van der Waals surface area contributed by atoms with Crippen LogP contribution in [0.3, 0.4) is 0 Å². The van der Waals surface area contributed by atoms with Crippen molar-refractivity contribution >= 4 is 0 Å². The van der Waals surface area contributed by atoms with Crippen LogP contribution in [0, 0.1) is 0 Å². The summed E-state index contributed by atoms with van der Waals surface area (Å²) in [6.45, 7) is 13.4. The molecule has 2 atom stereocenters. The monoisotopic (exact) mass is 406 g/mol. The topological polar surface area (TPSA) is 53.5 Å². The van der Waals surface area contributed by atoms with Crippen LogP contribution in [0.2, 0.25) is 0 Å². The van der Waals surface area contributed by atoms with Gasteiger partial charge in [0.15, 0.2) is 0 Å². The van der Waals surface area contributed by atoms with E-state index in [1.54, 1.807) is 7.11 Å². The first-order valence-electron chi connectivity index (χ1n) is 11.2. The number of phenols is 1. The summed E-state index contributed by atoms with van der Waals surface area (Å²) < 4.78 is 5.80. The number of nitrogens with one attached hydrogen (secondary N) is 2. The largest absolute Gasteiger partial charge is 0.508 e. The van der Waals surface area contributed by atoms with Gasteiger partial charge in [0.05, 0.1) is 7.11 Å². The molecule has 168 valence electrons. The predicted molar refractivity (Wildman–Crippen MR) is 125 cm³/mol. The minimum atomic E-state index is -0.101. The van der Waals surface area contributed by atoms with Crippen LogP contribution in [0.4, 0.5) is 0 Å². The van der Waals surface area contributed by atoms with Crippen LogP contribution >= 0.6 is 0 Å². The van der Waals surface area contributed by atoms with E-state index in [0.29, 0.717) is 17.8 Å². The molecule has 0 aromatic heterocycles. The molecular weight excluding hydrogens is 360 g/mol. The average molecular weight is 407 g/mol. The molecule has 3 N–H and O–H groups in total. The molecule has 0 saturated carbocycles. The molecule has 0 aliphatic rings. The molecule has 0 spiro atoms. The van der Waals surface area contributed by atoms with Crippen molar-refractivity contribution < 1.29 is 9.84 Å². The van der Waals surface area contributed by atoms with Crippen LogP contribution < -0.4 is 15.4 Å². The number of hydrogen-bond acceptors (Lipinski definition) is 4. The van der Waals surface area contributed by atoms with Crippen molar-refractivity contribution in [2.45, 2.75) is 103 Å². The van der Waals surface area contributed by atoms with E-state index >= 15 is 0 Å². The van der Waals surface area contributed by atoms with Gasteiger partial charge in [0.1, 0.15) is 11.5 Å². The van der Waals surface area contributed by atoms with Crippen molar-refractivity contribution in [3.63, 3.8) is 0 Å². The number of rotatable bonds is 13. The van der Waals surface area contributed by atoms with Gasteiger partial charge < -0.3 is 20.5 Å². The van der Waals surface area contributed by atoms with E-state index in [1.807, 2.05) is 20.2 Å². The standard InChI is InChI=1S/C25H46N2O2/c1-18(26-7)12-10-14-24(3,4)20-17-23(29-9)21(16-22(20)28)25(5,6)15-11-13-19(2)27-8/h16-19,26-28H,10-15H2,1-9H3. The Hall–Kier alpha value is -1.26. The Morgan fingerprint density at radius 3 is 1.72 bits per heavy atom. The van der Waals surface area contributed by atoms with Crippen molar-refractivity contribution in [1.29, 1.82) is 0 Å². The van der Waals surface area contributed by atoms with Gasteiger partial charge >= 0.3 is 0 Å². The Morgan fingerprint density at radius 2 is 1.31 bits per heavy atom. The van der Waals surface area contributed by atoms with E-state index in [-0.39, 0.29) is 10.8 Å². The van der Waals surface area contributed by atoms with Crippen LogP contribution in [0.5, 0.6) is 11.5 Å². The van der Waals surface area contributed by atoms with Gasteiger partial charge in [-0.05, 0) is 76.6 Å². The molecule has 0 aliphatic carbocycles. The number of benzene rings is 1. The molecule has 0 aliphatic heterocycles. The Balaban J connectivity index is 3.03. The third-order valence-corrected chi connectivity index (χ3v) is 6.64. The lowest BCUT2D eigenvalue weighted by Crippen LogP contribution is -2.24. The molecule has 2 unspecified atom stereocenters. The van der Waals surface area contributed by atoms with Crippen molar-refractivity contribution in [3.8, 4) is 11.5 Å². The molecule has 1 aromatic carbocycles. The first-order valence-corrected chi connectivity index (χ1v) is 11.2. The highest BCUT2D eigenvalue weighted by Gasteiger charge is 2.30. The van der Waals surface area contributed by atoms with E-state index in [0.717, 1.165) is 55.4 Å². The van der Waals surface area contributed by atoms with Crippen molar-refractivity contribution in [2.75, 3.05) is 21.2 Å². The summed E-state index contributed by atoms with van der Waals surface area (Å²) >= 11 is 0. The quantitative estimate of drug-likeness (QED) is 0.404. The van der Waals surface area contributed by atoms with Gasteiger partial charge in [-0.15, -0.1) is 0 Å². The molecule has 0 heterocycles. The number of phenolic OH excluding ortho intramolecular Hbond substituents is 1. The van der Waals surface area contributed by atoms with E-state index in [2.05, 4.69) is 58.2 Å². The maximum atomic E-state index is 10.9. The number of aromatic hydroxyl groups is 1. The van der Waals surface area contributed by atoms with Crippen LogP contribution in [0.15, 0.2) is 12.1 Å². The Labute approximate surface area is 179 Å². The van der Waals surface area contributed by atoms with Crippen LogP contribution in [0.1, 0.15) is 91.2 Å². The van der Waals surface area contributed by atoms with Gasteiger partial charge in [0, 0.05) is 23.2 Å². The molecule has 1 rings (SSSR count). The second kappa shape index (κ2) is 11.2. The fourth-order valence-electron chi connectivity index (χ4n) is 4.07. The molecule has 4 heteroatoms. The van der Waals surface area contributed by atoms with Gasteiger partial charge in [-0.25, -0.2) is 0 Å². The fraction of sp³-hybridized carbons (Fsp3) is 0.760. The summed E-state index contributed by atoms with van der Waals surface area (Å²) in [6.07, 6.45) is 6.61. The average Bonchev–Trinajstić information content (AvgIpc) is 2.66. The summed E-state index contributed by atoms with van der Waals surface area (Å²) in [4.78, 5) is 0. The number of methoxy groups -OCH3 is 1. The minimum Gasteiger partial charge on any atom is -0.508 e. The van der Waals surface area contributed by atoms with Crippen molar-refractivity contribution in [3.05, 3.63) is 23.3 Å². The molecule has 1 aromatic rings. The third kappa shape index (κ3) is 7.49. The normalized spacial score (nSPS) is 14.7. The first kappa shape index (κ1) is 25.8. The van der Waals surface area contributed by atoms with Crippen molar-refractivity contribution in [1.82, 2.24) is 10.6 Å². The van der Waals surface area contributed by atoms with Crippen molar-refractivity contribution in [2.24, 2.45) is 0 Å². The fourth-order valence-corrected chi connectivity index (χ4v) is 4.07. The van der Waals surface area contributed by atoms with Gasteiger partial charge in [0.25, 0.3) is 0 Å². The van der Waals surface area contributed by atoms with E-state index in [4.69, 9.17) is 4.74 Å². The SMILES string of the molecule is CNC(C)CCCC(C)(C)c1cc(OC)c(C(C)(C)CCCC(C)NC)cc1O. The van der Waals surface area contributed by atoms with Crippen LogP contribution in [0.25, 0.3) is 0 Å². The molecule has 4 nitrogen and oxygen atoms in total. The lowest BCUT2D eigenvalue weighted by Gasteiger charge is -2.32. The zero-order chi connectivity index (χ0) is 22.2. The molecule has 0 amide bonds. The van der Waals surface area contributed by atoms with Gasteiger partial charge in [-0.3, -0.25) is 0 Å². The smallest absolute Gasteiger partial charge is 0.123 e. The Morgan fingerprint density at radius 1 is 0.862 bits per heavy atom. The van der Waals surface area contributed by atoms with Gasteiger partial charge in [0.2, 0.25) is 0 Å². The maximum absolute atomic E-state index is 10.9. The predicted octanol–water partition coefficient (Wildman–Crippen LogP) is 5.51. The molecule has 29 heavy (non-hydrogen) atoms. The summed E-state index contributed by atoms with van der Waals surface area (Å²) in [5, 5.41) is 17.5. The second-order valence-corrected chi connectivity index (χ2v) is 10.0. The molecule has 0 bridgehead atoms. The molecule has 0 saturated heterocycles. The summed E-state index contributed by atoms with van der Waals surface area (Å²) in [5.41, 5.74) is 1.92.